The van der Waals surface area contributed by atoms with E-state index in [4.69, 9.17) is 4.42 Å². The van der Waals surface area contributed by atoms with E-state index in [-0.39, 0.29) is 11.3 Å². The Bertz CT molecular complexity index is 721. The topological polar surface area (TPSA) is 141 Å². The Kier molecular flexibility index (Phi) is 4.22. The average Bonchev–Trinajstić information content (AvgIpc) is 3.01. The highest BCUT2D eigenvalue weighted by Crippen LogP contribution is 2.21. The molecule has 0 aliphatic heterocycles. The molecule has 0 aliphatic rings. The molecule has 2 aromatic rings. The Labute approximate surface area is 122 Å². The molecule has 1 amide bonds. The summed E-state index contributed by atoms with van der Waals surface area (Å²) in [5.41, 5.74) is 1.32. The molecule has 0 unspecified atom stereocenters. The maximum atomic E-state index is 11.5. The van der Waals surface area contributed by atoms with Gasteiger partial charge in [0.1, 0.15) is 0 Å². The van der Waals surface area contributed by atoms with Crippen LogP contribution in [0.5, 0.6) is 0 Å². The van der Waals surface area contributed by atoms with Crippen molar-refractivity contribution in [3.8, 4) is 0 Å². The Balaban J connectivity index is 2.18. The molecule has 0 aliphatic carbocycles. The van der Waals surface area contributed by atoms with Crippen LogP contribution < -0.4 is 5.43 Å². The zero-order valence-corrected chi connectivity index (χ0v) is 10.8. The fourth-order valence-corrected chi connectivity index (χ4v) is 1.53. The van der Waals surface area contributed by atoms with Crippen molar-refractivity contribution in [1.82, 2.24) is 5.43 Å². The fourth-order valence-electron chi connectivity index (χ4n) is 1.53. The lowest BCUT2D eigenvalue weighted by atomic mass is 10.2. The van der Waals surface area contributed by atoms with Gasteiger partial charge in [-0.3, -0.25) is 25.0 Å². The first kappa shape index (κ1) is 14.8. The molecule has 1 aromatic carbocycles. The molecule has 0 saturated carbocycles. The van der Waals surface area contributed by atoms with Crippen molar-refractivity contribution in [2.24, 2.45) is 5.10 Å². The van der Waals surface area contributed by atoms with E-state index in [9.17, 15) is 25.0 Å². The minimum atomic E-state index is -0.758. The second kappa shape index (κ2) is 6.26. The summed E-state index contributed by atoms with van der Waals surface area (Å²) in [6, 6.07) is 5.95. The zero-order chi connectivity index (χ0) is 16.1. The van der Waals surface area contributed by atoms with E-state index in [1.165, 1.54) is 18.4 Å². The summed E-state index contributed by atoms with van der Waals surface area (Å²) >= 11 is 0. The molecule has 2 rings (SSSR count). The van der Waals surface area contributed by atoms with E-state index < -0.39 is 27.1 Å². The zero-order valence-electron chi connectivity index (χ0n) is 10.8. The lowest BCUT2D eigenvalue weighted by Crippen LogP contribution is -2.16. The van der Waals surface area contributed by atoms with Gasteiger partial charge in [-0.15, -0.1) is 0 Å². The van der Waals surface area contributed by atoms with E-state index in [1.54, 1.807) is 0 Å². The molecule has 112 valence electrons. The normalized spacial score (nSPS) is 10.5. The van der Waals surface area contributed by atoms with E-state index in [1.807, 2.05) is 0 Å². The van der Waals surface area contributed by atoms with Gasteiger partial charge in [-0.25, -0.2) is 5.43 Å². The fraction of sp³-hybridized carbons (Fsp3) is 0. The summed E-state index contributed by atoms with van der Waals surface area (Å²) < 4.78 is 4.83. The first-order valence-electron chi connectivity index (χ1n) is 5.78. The van der Waals surface area contributed by atoms with Crippen LogP contribution in [0.3, 0.4) is 0 Å². The number of hydrazone groups is 1. The number of nitrogens with one attached hydrogen (secondary N) is 1. The molecule has 0 spiro atoms. The number of rotatable bonds is 5. The minimum Gasteiger partial charge on any atom is -0.459 e. The summed E-state index contributed by atoms with van der Waals surface area (Å²) in [5.74, 6) is -0.594. The standard InChI is InChI=1S/C12H8N4O6/c17-12(11-2-1-3-22-11)14-13-7-8-4-9(15(18)19)6-10(5-8)16(20)21/h1-7H,(H,14,17)/b13-7-. The van der Waals surface area contributed by atoms with Crippen molar-refractivity contribution >= 4 is 23.5 Å². The van der Waals surface area contributed by atoms with Crippen LogP contribution in [-0.4, -0.2) is 22.0 Å². The Hall–Kier alpha value is -3.56. The van der Waals surface area contributed by atoms with Gasteiger partial charge in [-0.05, 0) is 12.1 Å². The molecule has 0 bridgehead atoms. The molecule has 1 N–H and O–H groups in total. The lowest BCUT2D eigenvalue weighted by Gasteiger charge is -1.97. The highest BCUT2D eigenvalue weighted by molar-refractivity contribution is 5.92. The predicted octanol–water partition coefficient (Wildman–Crippen LogP) is 1.86. The summed E-state index contributed by atoms with van der Waals surface area (Å²) in [4.78, 5) is 31.4. The average molecular weight is 304 g/mol. The maximum Gasteiger partial charge on any atom is 0.307 e. The van der Waals surface area contributed by atoms with Crippen LogP contribution in [0.25, 0.3) is 0 Å². The SMILES string of the molecule is O=C(N/N=C\c1cc([N+](=O)[O-])cc([N+](=O)[O-])c1)c1ccco1. The largest absolute Gasteiger partial charge is 0.459 e. The molecule has 0 fully saturated rings. The molecule has 0 saturated heterocycles. The molecular formula is C12H8N4O6. The Morgan fingerprint density at radius 1 is 1.18 bits per heavy atom. The third kappa shape index (κ3) is 3.50. The van der Waals surface area contributed by atoms with Crippen LogP contribution in [0.1, 0.15) is 16.1 Å². The number of hydrogen-bond acceptors (Lipinski definition) is 7. The number of benzene rings is 1. The first-order chi connectivity index (χ1) is 10.5. The summed E-state index contributed by atoms with van der Waals surface area (Å²) in [6.45, 7) is 0. The predicted molar refractivity (Wildman–Crippen MR) is 73.5 cm³/mol. The van der Waals surface area contributed by atoms with Gasteiger partial charge < -0.3 is 4.42 Å². The number of furan rings is 1. The number of non-ortho nitro benzene ring substituents is 2. The third-order valence-corrected chi connectivity index (χ3v) is 2.47. The van der Waals surface area contributed by atoms with Crippen molar-refractivity contribution in [2.75, 3.05) is 0 Å². The van der Waals surface area contributed by atoms with Gasteiger partial charge in [0.15, 0.2) is 5.76 Å². The van der Waals surface area contributed by atoms with Gasteiger partial charge in [0.25, 0.3) is 11.4 Å². The van der Waals surface area contributed by atoms with Crippen molar-refractivity contribution in [1.29, 1.82) is 0 Å². The van der Waals surface area contributed by atoms with Crippen molar-refractivity contribution in [3.63, 3.8) is 0 Å². The van der Waals surface area contributed by atoms with Gasteiger partial charge in [-0.1, -0.05) is 0 Å². The number of carbonyl (C=O) groups is 1. The van der Waals surface area contributed by atoms with Crippen molar-refractivity contribution in [3.05, 3.63) is 68.1 Å². The number of nitro benzene ring substituents is 2. The van der Waals surface area contributed by atoms with E-state index in [0.29, 0.717) is 0 Å². The number of carbonyl (C=O) groups excluding carboxylic acids is 1. The minimum absolute atomic E-state index is 0.0298. The molecule has 1 aromatic heterocycles. The van der Waals surface area contributed by atoms with E-state index in [0.717, 1.165) is 24.4 Å². The van der Waals surface area contributed by atoms with Gasteiger partial charge in [0, 0.05) is 17.7 Å². The molecule has 22 heavy (non-hydrogen) atoms. The van der Waals surface area contributed by atoms with Gasteiger partial charge >= 0.3 is 5.91 Å². The highest BCUT2D eigenvalue weighted by atomic mass is 16.6. The molecule has 1 heterocycles. The summed E-state index contributed by atoms with van der Waals surface area (Å²) in [5, 5.41) is 25.0. The van der Waals surface area contributed by atoms with Gasteiger partial charge in [0.2, 0.25) is 0 Å². The molecular weight excluding hydrogens is 296 g/mol. The van der Waals surface area contributed by atoms with Crippen molar-refractivity contribution < 1.29 is 19.1 Å². The summed E-state index contributed by atoms with van der Waals surface area (Å²) in [6.07, 6.45) is 2.36. The van der Waals surface area contributed by atoms with Crippen LogP contribution >= 0.6 is 0 Å². The lowest BCUT2D eigenvalue weighted by molar-refractivity contribution is -0.394. The van der Waals surface area contributed by atoms with E-state index in [2.05, 4.69) is 10.5 Å². The number of amides is 1. The van der Waals surface area contributed by atoms with Crippen LogP contribution in [0.15, 0.2) is 46.1 Å². The van der Waals surface area contributed by atoms with E-state index >= 15 is 0 Å². The monoisotopic (exact) mass is 304 g/mol. The Morgan fingerprint density at radius 2 is 1.82 bits per heavy atom. The van der Waals surface area contributed by atoms with Gasteiger partial charge in [-0.2, -0.15) is 5.10 Å². The summed E-state index contributed by atoms with van der Waals surface area (Å²) in [7, 11) is 0. The second-order valence-corrected chi connectivity index (χ2v) is 3.97. The maximum absolute atomic E-state index is 11.5. The molecule has 10 nitrogen and oxygen atoms in total. The highest BCUT2D eigenvalue weighted by Gasteiger charge is 2.15. The smallest absolute Gasteiger partial charge is 0.307 e. The van der Waals surface area contributed by atoms with Crippen molar-refractivity contribution in [2.45, 2.75) is 0 Å². The Morgan fingerprint density at radius 3 is 2.32 bits per heavy atom. The molecule has 0 atom stereocenters. The van der Waals surface area contributed by atoms with Gasteiger partial charge in [0.05, 0.1) is 28.4 Å². The number of nitro groups is 2. The molecule has 10 heteroatoms. The van der Waals surface area contributed by atoms with Crippen LogP contribution in [0.4, 0.5) is 11.4 Å². The first-order valence-corrected chi connectivity index (χ1v) is 5.78. The molecule has 0 radical (unpaired) electrons. The number of nitrogens with zero attached hydrogens (tertiary/aromatic N) is 3. The number of hydrogen-bond donors (Lipinski definition) is 1. The third-order valence-electron chi connectivity index (χ3n) is 2.47. The van der Waals surface area contributed by atoms with Crippen LogP contribution in [0.2, 0.25) is 0 Å². The quantitative estimate of drug-likeness (QED) is 0.507. The van der Waals surface area contributed by atoms with Crippen LogP contribution in [0, 0.1) is 20.2 Å². The van der Waals surface area contributed by atoms with Crippen LogP contribution in [-0.2, 0) is 0 Å². The second-order valence-electron chi connectivity index (χ2n) is 3.97.